The van der Waals surface area contributed by atoms with Crippen molar-refractivity contribution in [1.82, 2.24) is 0 Å². The zero-order chi connectivity index (χ0) is 18.7. The summed E-state index contributed by atoms with van der Waals surface area (Å²) in [6.45, 7) is 7.64. The van der Waals surface area contributed by atoms with Gasteiger partial charge < -0.3 is 4.74 Å². The van der Waals surface area contributed by atoms with E-state index in [4.69, 9.17) is 0 Å². The van der Waals surface area contributed by atoms with E-state index >= 15 is 0 Å². The molecule has 1 unspecified atom stereocenters. The third-order valence-corrected chi connectivity index (χ3v) is 3.32. The Kier molecular flexibility index (Phi) is 9.93. The first-order chi connectivity index (χ1) is 11.4. The maximum absolute atomic E-state index is 12.0. The molecule has 0 aliphatic carbocycles. The first-order valence-electron chi connectivity index (χ1n) is 7.05. The average Bonchev–Trinajstić information content (AvgIpc) is 2.59. The van der Waals surface area contributed by atoms with Gasteiger partial charge in [0, 0.05) is 17.9 Å². The molecule has 0 aromatic heterocycles. The number of benzene rings is 1. The zero-order valence-electron chi connectivity index (χ0n) is 14.5. The van der Waals surface area contributed by atoms with Gasteiger partial charge >= 0.3 is 5.97 Å². The van der Waals surface area contributed by atoms with Crippen LogP contribution in [0.2, 0.25) is 0 Å². The number of carbonyl (C=O) groups is 1. The van der Waals surface area contributed by atoms with E-state index in [-0.39, 0.29) is 10.5 Å². The standard InChI is InChI=1S/C13H15N3O5S.C2H6/c1-9(2)15-16(3)10-5-6-11(13(18)20-4)12(7-10)22(19)21-14-8-17;1-2/h5-7H,1-4H3;1-2H3. The van der Waals surface area contributed by atoms with Gasteiger partial charge in [0.15, 0.2) is 0 Å². The second-order valence-electron chi connectivity index (χ2n) is 4.23. The lowest BCUT2D eigenvalue weighted by molar-refractivity contribution is 0.0596. The Morgan fingerprint density at radius 2 is 1.92 bits per heavy atom. The van der Waals surface area contributed by atoms with E-state index in [1.54, 1.807) is 18.1 Å². The van der Waals surface area contributed by atoms with Crippen molar-refractivity contribution in [1.29, 1.82) is 0 Å². The van der Waals surface area contributed by atoms with E-state index in [1.165, 1.54) is 19.2 Å². The molecule has 9 heteroatoms. The molecule has 1 atom stereocenters. The molecule has 0 saturated carbocycles. The van der Waals surface area contributed by atoms with Gasteiger partial charge in [-0.2, -0.15) is 5.10 Å². The van der Waals surface area contributed by atoms with Gasteiger partial charge in [-0.3, -0.25) is 9.29 Å². The van der Waals surface area contributed by atoms with Crippen molar-refractivity contribution < 1.29 is 22.8 Å². The van der Waals surface area contributed by atoms with Crippen LogP contribution >= 0.6 is 0 Å². The Morgan fingerprint density at radius 1 is 1.29 bits per heavy atom. The molecule has 0 spiro atoms. The third kappa shape index (κ3) is 6.31. The number of anilines is 1. The Morgan fingerprint density at radius 3 is 2.42 bits per heavy atom. The van der Waals surface area contributed by atoms with Gasteiger partial charge in [-0.25, -0.2) is 13.8 Å². The number of carbonyl (C=O) groups excluding carboxylic acids is 2. The number of isocyanates is 1. The van der Waals surface area contributed by atoms with Crippen molar-refractivity contribution in [2.24, 2.45) is 10.3 Å². The zero-order valence-corrected chi connectivity index (χ0v) is 15.3. The van der Waals surface area contributed by atoms with Crippen molar-refractivity contribution in [3.05, 3.63) is 23.8 Å². The number of hydrogen-bond donors (Lipinski definition) is 0. The topological polar surface area (TPSA) is 97.6 Å². The van der Waals surface area contributed by atoms with Crippen molar-refractivity contribution >= 4 is 34.5 Å². The lowest BCUT2D eigenvalue weighted by Gasteiger charge is -2.15. The number of methoxy groups -OCH3 is 1. The molecule has 0 fully saturated rings. The number of ether oxygens (including phenoxy) is 1. The Hall–Kier alpha value is -2.51. The molecule has 0 radical (unpaired) electrons. The predicted molar refractivity (Wildman–Crippen MR) is 91.9 cm³/mol. The van der Waals surface area contributed by atoms with Crippen LogP contribution in [0.25, 0.3) is 0 Å². The highest BCUT2D eigenvalue weighted by Gasteiger charge is 2.20. The Labute approximate surface area is 143 Å². The second kappa shape index (κ2) is 11.1. The van der Waals surface area contributed by atoms with E-state index < -0.39 is 17.0 Å². The van der Waals surface area contributed by atoms with Gasteiger partial charge in [-0.1, -0.05) is 13.8 Å². The van der Waals surface area contributed by atoms with Crippen LogP contribution in [0.15, 0.2) is 33.4 Å². The fourth-order valence-electron chi connectivity index (χ4n) is 1.58. The monoisotopic (exact) mass is 355 g/mol. The maximum atomic E-state index is 12.0. The normalized spacial score (nSPS) is 10.2. The van der Waals surface area contributed by atoms with Gasteiger partial charge in [0.1, 0.15) is 0 Å². The van der Waals surface area contributed by atoms with Crippen LogP contribution in [-0.2, 0) is 24.9 Å². The predicted octanol–water partition coefficient (Wildman–Crippen LogP) is 2.62. The fourth-order valence-corrected chi connectivity index (χ4v) is 2.30. The highest BCUT2D eigenvalue weighted by Crippen LogP contribution is 2.23. The second-order valence-corrected chi connectivity index (χ2v) is 5.29. The summed E-state index contributed by atoms with van der Waals surface area (Å²) in [6.07, 6.45) is 1.11. The van der Waals surface area contributed by atoms with Gasteiger partial charge in [0.05, 0.1) is 23.3 Å². The van der Waals surface area contributed by atoms with E-state index in [0.717, 1.165) is 11.8 Å². The third-order valence-electron chi connectivity index (χ3n) is 2.42. The number of rotatable bonds is 6. The SMILES string of the molecule is CC.COC(=O)c1ccc(N(C)N=C(C)C)cc1S(=O)ON=C=O. The van der Waals surface area contributed by atoms with Crippen LogP contribution in [0.3, 0.4) is 0 Å². The lowest BCUT2D eigenvalue weighted by Crippen LogP contribution is -2.13. The van der Waals surface area contributed by atoms with E-state index in [9.17, 15) is 13.8 Å². The van der Waals surface area contributed by atoms with Crippen LogP contribution in [-0.4, -0.2) is 36.1 Å². The summed E-state index contributed by atoms with van der Waals surface area (Å²) in [7, 11) is 2.89. The molecule has 0 saturated heterocycles. The fraction of sp³-hybridized carbons (Fsp3) is 0.400. The summed E-state index contributed by atoms with van der Waals surface area (Å²) in [5, 5.41) is 8.55. The van der Waals surface area contributed by atoms with Crippen molar-refractivity contribution in [2.45, 2.75) is 32.6 Å². The van der Waals surface area contributed by atoms with E-state index in [1.807, 2.05) is 27.7 Å². The molecular weight excluding hydrogens is 334 g/mol. The lowest BCUT2D eigenvalue weighted by atomic mass is 10.2. The highest BCUT2D eigenvalue weighted by molar-refractivity contribution is 7.80. The van der Waals surface area contributed by atoms with Crippen molar-refractivity contribution in [3.8, 4) is 0 Å². The number of nitrogens with zero attached hydrogens (tertiary/aromatic N) is 3. The first kappa shape index (κ1) is 21.5. The molecule has 1 aromatic rings. The minimum atomic E-state index is -2.16. The molecule has 0 bridgehead atoms. The van der Waals surface area contributed by atoms with Crippen molar-refractivity contribution in [3.63, 3.8) is 0 Å². The summed E-state index contributed by atoms with van der Waals surface area (Å²) in [4.78, 5) is 21.8. The minimum absolute atomic E-state index is 0.0131. The molecule has 1 rings (SSSR count). The quantitative estimate of drug-likeness (QED) is 0.337. The minimum Gasteiger partial charge on any atom is -0.465 e. The Balaban J connectivity index is 0.00000254. The summed E-state index contributed by atoms with van der Waals surface area (Å²) >= 11 is -2.16. The molecular formula is C15H21N3O5S. The van der Waals surface area contributed by atoms with Crippen LogP contribution in [0.1, 0.15) is 38.1 Å². The van der Waals surface area contributed by atoms with Gasteiger partial charge in [0.25, 0.3) is 17.2 Å². The van der Waals surface area contributed by atoms with Gasteiger partial charge in [-0.15, -0.1) is 0 Å². The molecule has 1 aromatic carbocycles. The molecule has 24 heavy (non-hydrogen) atoms. The van der Waals surface area contributed by atoms with Crippen LogP contribution in [0, 0.1) is 0 Å². The Bertz CT molecular complexity index is 665. The van der Waals surface area contributed by atoms with Crippen molar-refractivity contribution in [2.75, 3.05) is 19.2 Å². The van der Waals surface area contributed by atoms with Crippen LogP contribution in [0.4, 0.5) is 5.69 Å². The van der Waals surface area contributed by atoms with Gasteiger partial charge in [-0.05, 0) is 32.0 Å². The largest absolute Gasteiger partial charge is 0.465 e. The number of hydrogen-bond acceptors (Lipinski definition) is 8. The highest BCUT2D eigenvalue weighted by atomic mass is 32.2. The first-order valence-corrected chi connectivity index (χ1v) is 8.12. The maximum Gasteiger partial charge on any atom is 0.339 e. The molecule has 0 amide bonds. The molecule has 0 heterocycles. The average molecular weight is 355 g/mol. The smallest absolute Gasteiger partial charge is 0.339 e. The van der Waals surface area contributed by atoms with E-state index in [0.29, 0.717) is 5.69 Å². The number of hydrazone groups is 1. The summed E-state index contributed by atoms with van der Waals surface area (Å²) in [5.74, 6) is -0.689. The molecule has 0 N–H and O–H groups in total. The molecule has 0 aliphatic heterocycles. The number of esters is 1. The summed E-state index contributed by atoms with van der Waals surface area (Å²) < 4.78 is 21.1. The summed E-state index contributed by atoms with van der Waals surface area (Å²) in [6, 6.07) is 4.48. The molecule has 0 aliphatic rings. The molecule has 132 valence electrons. The molecule has 8 nitrogen and oxygen atoms in total. The van der Waals surface area contributed by atoms with E-state index in [2.05, 4.69) is 19.3 Å². The van der Waals surface area contributed by atoms with Crippen LogP contribution in [0.5, 0.6) is 0 Å². The van der Waals surface area contributed by atoms with Gasteiger partial charge in [0.2, 0.25) is 0 Å². The van der Waals surface area contributed by atoms with Crippen LogP contribution < -0.4 is 5.01 Å². The summed E-state index contributed by atoms with van der Waals surface area (Å²) in [5.41, 5.74) is 1.41.